The molecule has 0 aliphatic carbocycles. The highest BCUT2D eigenvalue weighted by molar-refractivity contribution is 6.01. The first-order valence-electron chi connectivity index (χ1n) is 10.2. The zero-order valence-electron chi connectivity index (χ0n) is 18.1. The Balaban J connectivity index is 1.43. The molecule has 2 amide bonds. The van der Waals surface area contributed by atoms with E-state index in [0.717, 1.165) is 17.0 Å². The van der Waals surface area contributed by atoms with Crippen molar-refractivity contribution in [2.24, 2.45) is 5.92 Å². The Morgan fingerprint density at radius 1 is 1.23 bits per heavy atom. The van der Waals surface area contributed by atoms with Crippen LogP contribution in [0.5, 0.6) is 0 Å². The van der Waals surface area contributed by atoms with Crippen LogP contribution in [0.2, 0.25) is 0 Å². The fraction of sp³-hybridized carbons (Fsp3) is 0.304. The molecular weight excluding hydrogens is 392 g/mol. The van der Waals surface area contributed by atoms with Crippen molar-refractivity contribution in [1.82, 2.24) is 20.1 Å². The van der Waals surface area contributed by atoms with E-state index in [0.29, 0.717) is 23.6 Å². The first-order valence-corrected chi connectivity index (χ1v) is 10.2. The summed E-state index contributed by atoms with van der Waals surface area (Å²) in [6.45, 7) is 6.33. The lowest BCUT2D eigenvalue weighted by molar-refractivity contribution is -0.119. The van der Waals surface area contributed by atoms with E-state index < -0.39 is 0 Å². The van der Waals surface area contributed by atoms with Gasteiger partial charge in [0.25, 0.3) is 5.91 Å². The highest BCUT2D eigenvalue weighted by Gasteiger charge is 2.30. The third-order valence-electron chi connectivity index (χ3n) is 5.51. The maximum absolute atomic E-state index is 12.6. The van der Waals surface area contributed by atoms with E-state index in [2.05, 4.69) is 20.7 Å². The van der Waals surface area contributed by atoms with Crippen LogP contribution in [0.4, 0.5) is 11.5 Å². The van der Waals surface area contributed by atoms with Crippen molar-refractivity contribution in [2.45, 2.75) is 33.5 Å². The standard InChI is InChI=1S/C23H26N6O2/c1-14(13-29-16(3)12-15(2)27-29)22(30)25-18-9-7-17(8-10-18)20-26-23(31)19-6-5-11-24-21(19)28(20)4/h5-12,14,20H,13H2,1-4H3,(H,25,30)(H,26,31). The molecule has 0 saturated heterocycles. The number of benzene rings is 1. The number of nitrogens with one attached hydrogen (secondary N) is 2. The maximum atomic E-state index is 12.6. The number of carbonyl (C=O) groups excluding carboxylic acids is 2. The molecule has 0 fully saturated rings. The Hall–Kier alpha value is -3.68. The van der Waals surface area contributed by atoms with Gasteiger partial charge in [0.05, 0.1) is 23.7 Å². The van der Waals surface area contributed by atoms with Crippen LogP contribution in [-0.4, -0.2) is 33.6 Å². The number of nitrogens with zero attached hydrogens (tertiary/aromatic N) is 4. The molecule has 1 aliphatic heterocycles. The predicted molar refractivity (Wildman–Crippen MR) is 119 cm³/mol. The van der Waals surface area contributed by atoms with Crippen LogP contribution in [0.25, 0.3) is 0 Å². The first kappa shape index (κ1) is 20.6. The van der Waals surface area contributed by atoms with Gasteiger partial charge in [0.2, 0.25) is 5.91 Å². The lowest BCUT2D eigenvalue weighted by Crippen LogP contribution is -2.45. The number of pyridine rings is 1. The number of rotatable bonds is 5. The van der Waals surface area contributed by atoms with Gasteiger partial charge in [0.15, 0.2) is 0 Å². The smallest absolute Gasteiger partial charge is 0.256 e. The Morgan fingerprint density at radius 2 is 1.97 bits per heavy atom. The van der Waals surface area contributed by atoms with Crippen molar-refractivity contribution < 1.29 is 9.59 Å². The molecule has 1 aromatic carbocycles. The summed E-state index contributed by atoms with van der Waals surface area (Å²) in [6.07, 6.45) is 1.35. The SMILES string of the molecule is Cc1cc(C)n(CC(C)C(=O)Nc2ccc(C3NC(=O)c4cccnc4N3C)cc2)n1. The van der Waals surface area contributed by atoms with Crippen LogP contribution in [0.3, 0.4) is 0 Å². The molecule has 3 heterocycles. The van der Waals surface area contributed by atoms with E-state index in [1.165, 1.54) is 0 Å². The Labute approximate surface area is 181 Å². The molecule has 160 valence electrons. The molecule has 0 saturated carbocycles. The molecule has 0 bridgehead atoms. The normalized spacial score (nSPS) is 16.5. The van der Waals surface area contributed by atoms with E-state index in [4.69, 9.17) is 0 Å². The van der Waals surface area contributed by atoms with Crippen LogP contribution in [0, 0.1) is 19.8 Å². The van der Waals surface area contributed by atoms with Crippen molar-refractivity contribution in [3.05, 3.63) is 71.2 Å². The molecule has 2 unspecified atom stereocenters. The number of aromatic nitrogens is 3. The van der Waals surface area contributed by atoms with E-state index in [1.54, 1.807) is 18.3 Å². The maximum Gasteiger partial charge on any atom is 0.256 e. The topological polar surface area (TPSA) is 92.2 Å². The van der Waals surface area contributed by atoms with Gasteiger partial charge >= 0.3 is 0 Å². The zero-order valence-corrected chi connectivity index (χ0v) is 18.1. The molecule has 0 spiro atoms. The van der Waals surface area contributed by atoms with Gasteiger partial charge in [-0.15, -0.1) is 0 Å². The number of carbonyl (C=O) groups is 2. The third-order valence-corrected chi connectivity index (χ3v) is 5.51. The molecule has 2 N–H and O–H groups in total. The van der Waals surface area contributed by atoms with Crippen molar-refractivity contribution in [1.29, 1.82) is 0 Å². The first-order chi connectivity index (χ1) is 14.8. The highest BCUT2D eigenvalue weighted by Crippen LogP contribution is 2.30. The number of anilines is 2. The fourth-order valence-corrected chi connectivity index (χ4v) is 3.80. The van der Waals surface area contributed by atoms with E-state index in [9.17, 15) is 9.59 Å². The minimum absolute atomic E-state index is 0.0680. The van der Waals surface area contributed by atoms with Gasteiger partial charge in [-0.2, -0.15) is 5.10 Å². The molecule has 4 rings (SSSR count). The predicted octanol–water partition coefficient (Wildman–Crippen LogP) is 3.05. The third kappa shape index (κ3) is 4.14. The molecule has 2 atom stereocenters. The second kappa shape index (κ2) is 8.22. The van der Waals surface area contributed by atoms with Crippen molar-refractivity contribution in [3.8, 4) is 0 Å². The molecule has 3 aromatic rings. The van der Waals surface area contributed by atoms with Gasteiger partial charge in [0.1, 0.15) is 12.0 Å². The number of aryl methyl sites for hydroxylation is 2. The number of hydrogen-bond acceptors (Lipinski definition) is 5. The summed E-state index contributed by atoms with van der Waals surface area (Å²) in [5.41, 5.74) is 4.15. The summed E-state index contributed by atoms with van der Waals surface area (Å²) in [5.74, 6) is 0.193. The minimum atomic E-state index is -0.329. The van der Waals surface area contributed by atoms with Crippen LogP contribution < -0.4 is 15.5 Å². The summed E-state index contributed by atoms with van der Waals surface area (Å²) in [4.78, 5) is 31.3. The fourth-order valence-electron chi connectivity index (χ4n) is 3.80. The Kier molecular flexibility index (Phi) is 5.46. The van der Waals surface area contributed by atoms with E-state index >= 15 is 0 Å². The Morgan fingerprint density at radius 3 is 2.65 bits per heavy atom. The summed E-state index contributed by atoms with van der Waals surface area (Å²) < 4.78 is 1.86. The second-order valence-corrected chi connectivity index (χ2v) is 7.98. The summed E-state index contributed by atoms with van der Waals surface area (Å²) in [7, 11) is 1.90. The van der Waals surface area contributed by atoms with Crippen LogP contribution in [0.1, 0.15) is 40.4 Å². The van der Waals surface area contributed by atoms with E-state index in [-0.39, 0.29) is 23.9 Å². The van der Waals surface area contributed by atoms with Gasteiger partial charge in [0, 0.05) is 24.6 Å². The average Bonchev–Trinajstić information content (AvgIpc) is 3.08. The van der Waals surface area contributed by atoms with Crippen LogP contribution in [0.15, 0.2) is 48.7 Å². The minimum Gasteiger partial charge on any atom is -0.335 e. The molecular formula is C23H26N6O2. The number of amides is 2. The lowest BCUT2D eigenvalue weighted by Gasteiger charge is -2.35. The summed E-state index contributed by atoms with van der Waals surface area (Å²) in [5, 5.41) is 10.4. The zero-order chi connectivity index (χ0) is 22.1. The number of hydrogen-bond donors (Lipinski definition) is 2. The molecule has 31 heavy (non-hydrogen) atoms. The highest BCUT2D eigenvalue weighted by atomic mass is 16.2. The van der Waals surface area contributed by atoms with Crippen molar-refractivity contribution >= 4 is 23.3 Å². The summed E-state index contributed by atoms with van der Waals surface area (Å²) >= 11 is 0. The van der Waals surface area contributed by atoms with Crippen molar-refractivity contribution in [2.75, 3.05) is 17.3 Å². The Bertz CT molecular complexity index is 1120. The molecule has 2 aromatic heterocycles. The molecule has 1 aliphatic rings. The molecule has 8 nitrogen and oxygen atoms in total. The molecule has 8 heteroatoms. The number of fused-ring (bicyclic) bond motifs is 1. The average molecular weight is 419 g/mol. The van der Waals surface area contributed by atoms with Gasteiger partial charge in [-0.1, -0.05) is 19.1 Å². The van der Waals surface area contributed by atoms with Crippen molar-refractivity contribution in [3.63, 3.8) is 0 Å². The van der Waals surface area contributed by atoms with Gasteiger partial charge < -0.3 is 15.5 Å². The largest absolute Gasteiger partial charge is 0.335 e. The van der Waals surface area contributed by atoms with Gasteiger partial charge in [-0.05, 0) is 49.7 Å². The van der Waals surface area contributed by atoms with Gasteiger partial charge in [-0.25, -0.2) is 4.98 Å². The summed E-state index contributed by atoms with van der Waals surface area (Å²) in [6, 6.07) is 13.0. The second-order valence-electron chi connectivity index (χ2n) is 7.98. The lowest BCUT2D eigenvalue weighted by atomic mass is 10.1. The molecule has 0 radical (unpaired) electrons. The quantitative estimate of drug-likeness (QED) is 0.664. The van der Waals surface area contributed by atoms with E-state index in [1.807, 2.05) is 67.7 Å². The van der Waals surface area contributed by atoms with Gasteiger partial charge in [-0.3, -0.25) is 14.3 Å². The van der Waals surface area contributed by atoms with Crippen LogP contribution in [-0.2, 0) is 11.3 Å². The van der Waals surface area contributed by atoms with Crippen LogP contribution >= 0.6 is 0 Å². The monoisotopic (exact) mass is 418 g/mol.